The molecule has 7 nitrogen and oxygen atoms in total. The molecule has 3 aromatic rings. The Labute approximate surface area is 194 Å². The van der Waals surface area contributed by atoms with Crippen molar-refractivity contribution in [1.82, 2.24) is 14.8 Å². The lowest BCUT2D eigenvalue weighted by Crippen LogP contribution is -2.09. The average molecular weight is 481 g/mol. The van der Waals surface area contributed by atoms with E-state index in [1.54, 1.807) is 30.1 Å². The van der Waals surface area contributed by atoms with Gasteiger partial charge in [-0.2, -0.15) is 5.10 Å². The second-order valence-electron chi connectivity index (χ2n) is 7.61. The fourth-order valence-corrected chi connectivity index (χ4v) is 3.94. The van der Waals surface area contributed by atoms with Crippen LogP contribution < -0.4 is 10.5 Å². The monoisotopic (exact) mass is 480 g/mol. The fraction of sp³-hybridized carbons (Fsp3) is 0.318. The normalized spacial score (nSPS) is 13.0. The first kappa shape index (κ1) is 23.8. The van der Waals surface area contributed by atoms with Crippen molar-refractivity contribution in [2.75, 3.05) is 5.73 Å². The number of ether oxygens (including phenoxy) is 1. The van der Waals surface area contributed by atoms with E-state index in [0.717, 1.165) is 11.1 Å². The summed E-state index contributed by atoms with van der Waals surface area (Å²) in [6.07, 6.45) is 5.14. The molecular weight excluding hydrogens is 458 g/mol. The van der Waals surface area contributed by atoms with Gasteiger partial charge in [0.15, 0.2) is 11.6 Å². The number of carboxylic acids is 1. The number of nitrogens with two attached hydrogens (primary N) is 1. The molecule has 1 aromatic carbocycles. The van der Waals surface area contributed by atoms with Gasteiger partial charge in [0.25, 0.3) is 0 Å². The maximum atomic E-state index is 13.9. The topological polar surface area (TPSA) is 103 Å². The van der Waals surface area contributed by atoms with Crippen molar-refractivity contribution in [3.63, 3.8) is 0 Å². The lowest BCUT2D eigenvalue weighted by atomic mass is 10.1. The lowest BCUT2D eigenvalue weighted by Gasteiger charge is -2.19. The summed E-state index contributed by atoms with van der Waals surface area (Å²) >= 11 is 12.3. The van der Waals surface area contributed by atoms with E-state index in [-0.39, 0.29) is 28.2 Å². The molecule has 0 radical (unpaired) electrons. The maximum absolute atomic E-state index is 13.9. The molecule has 0 amide bonds. The van der Waals surface area contributed by atoms with Crippen molar-refractivity contribution in [2.45, 2.75) is 39.3 Å². The van der Waals surface area contributed by atoms with Gasteiger partial charge in [0.1, 0.15) is 11.9 Å². The standard InChI is InChI=1S/C22H23Cl2FN4O3/c1-12(3-6-19(30)31)10-29-11-15(9-28-29)14-7-18(22(26)27-8-14)32-13(2)20-16(23)4-5-17(25)21(20)24/h4-5,7-9,11-13H,3,6,10H2,1-2H3,(H2,26,27)(H,30,31). The number of benzene rings is 1. The molecule has 2 heterocycles. The highest BCUT2D eigenvalue weighted by atomic mass is 35.5. The first-order chi connectivity index (χ1) is 15.2. The predicted molar refractivity (Wildman–Crippen MR) is 121 cm³/mol. The molecule has 0 aliphatic rings. The van der Waals surface area contributed by atoms with Crippen LogP contribution in [0.25, 0.3) is 11.1 Å². The van der Waals surface area contributed by atoms with Gasteiger partial charge in [-0.15, -0.1) is 0 Å². The van der Waals surface area contributed by atoms with E-state index in [9.17, 15) is 9.18 Å². The molecule has 3 N–H and O–H groups in total. The third kappa shape index (κ3) is 5.69. The van der Waals surface area contributed by atoms with Crippen LogP contribution in [-0.4, -0.2) is 25.8 Å². The van der Waals surface area contributed by atoms with E-state index in [1.807, 2.05) is 13.1 Å². The molecule has 0 saturated carbocycles. The van der Waals surface area contributed by atoms with Crippen molar-refractivity contribution in [2.24, 2.45) is 5.92 Å². The molecule has 2 atom stereocenters. The van der Waals surface area contributed by atoms with E-state index in [0.29, 0.717) is 24.3 Å². The van der Waals surface area contributed by atoms with Crippen LogP contribution in [0, 0.1) is 11.7 Å². The SMILES string of the molecule is CC(CCC(=O)O)Cn1cc(-c2cnc(N)c(OC(C)c3c(Cl)ccc(F)c3Cl)c2)cn1. The maximum Gasteiger partial charge on any atom is 0.303 e. The first-order valence-electron chi connectivity index (χ1n) is 9.96. The Morgan fingerprint density at radius 3 is 2.75 bits per heavy atom. The second-order valence-corrected chi connectivity index (χ2v) is 8.40. The molecule has 0 bridgehead atoms. The zero-order valence-electron chi connectivity index (χ0n) is 17.6. The minimum Gasteiger partial charge on any atom is -0.482 e. The number of aromatic nitrogens is 3. The first-order valence-corrected chi connectivity index (χ1v) is 10.7. The van der Waals surface area contributed by atoms with Gasteiger partial charge in [-0.1, -0.05) is 30.1 Å². The van der Waals surface area contributed by atoms with Crippen LogP contribution in [0.3, 0.4) is 0 Å². The molecule has 0 fully saturated rings. The Hall–Kier alpha value is -2.84. The molecular formula is C22H23Cl2FN4O3. The number of halogens is 3. The number of aliphatic carboxylic acids is 1. The van der Waals surface area contributed by atoms with E-state index >= 15 is 0 Å². The Bertz CT molecular complexity index is 1120. The van der Waals surface area contributed by atoms with Crippen LogP contribution in [-0.2, 0) is 11.3 Å². The summed E-state index contributed by atoms with van der Waals surface area (Å²) in [6.45, 7) is 4.26. The van der Waals surface area contributed by atoms with E-state index in [2.05, 4.69) is 10.1 Å². The number of pyridine rings is 1. The third-order valence-corrected chi connectivity index (χ3v) is 5.70. The van der Waals surface area contributed by atoms with Gasteiger partial charge in [0, 0.05) is 47.1 Å². The van der Waals surface area contributed by atoms with Gasteiger partial charge in [-0.05, 0) is 37.5 Å². The van der Waals surface area contributed by atoms with Crippen LogP contribution in [0.2, 0.25) is 10.0 Å². The molecule has 10 heteroatoms. The van der Waals surface area contributed by atoms with Crippen molar-refractivity contribution < 1.29 is 19.0 Å². The number of carbonyl (C=O) groups is 1. The smallest absolute Gasteiger partial charge is 0.303 e. The highest BCUT2D eigenvalue weighted by Crippen LogP contribution is 2.36. The summed E-state index contributed by atoms with van der Waals surface area (Å²) in [5.74, 6) is -0.781. The van der Waals surface area contributed by atoms with Gasteiger partial charge in [-0.25, -0.2) is 9.37 Å². The van der Waals surface area contributed by atoms with E-state index in [1.165, 1.54) is 12.1 Å². The molecule has 0 aliphatic carbocycles. The molecule has 3 rings (SSSR count). The van der Waals surface area contributed by atoms with Crippen molar-refractivity contribution in [1.29, 1.82) is 0 Å². The molecule has 0 aliphatic heterocycles. The molecule has 2 unspecified atom stereocenters. The number of nitrogen functional groups attached to an aromatic ring is 1. The average Bonchev–Trinajstić information content (AvgIpc) is 3.19. The summed E-state index contributed by atoms with van der Waals surface area (Å²) in [4.78, 5) is 14.9. The molecule has 2 aromatic heterocycles. The highest BCUT2D eigenvalue weighted by Gasteiger charge is 2.20. The Balaban J connectivity index is 1.77. The van der Waals surface area contributed by atoms with E-state index < -0.39 is 17.9 Å². The predicted octanol–water partition coefficient (Wildman–Crippen LogP) is 5.61. The third-order valence-electron chi connectivity index (χ3n) is 4.99. The lowest BCUT2D eigenvalue weighted by molar-refractivity contribution is -0.137. The Morgan fingerprint density at radius 1 is 1.28 bits per heavy atom. The number of carboxylic acid groups (broad SMARTS) is 1. The number of nitrogens with zero attached hydrogens (tertiary/aromatic N) is 3. The van der Waals surface area contributed by atoms with Crippen LogP contribution in [0.5, 0.6) is 5.75 Å². The zero-order valence-corrected chi connectivity index (χ0v) is 19.1. The van der Waals surface area contributed by atoms with Gasteiger partial charge < -0.3 is 15.6 Å². The minimum absolute atomic E-state index is 0.106. The summed E-state index contributed by atoms with van der Waals surface area (Å²) in [5.41, 5.74) is 7.82. The molecule has 32 heavy (non-hydrogen) atoms. The van der Waals surface area contributed by atoms with Gasteiger partial charge >= 0.3 is 5.97 Å². The van der Waals surface area contributed by atoms with E-state index in [4.69, 9.17) is 38.8 Å². The number of anilines is 1. The summed E-state index contributed by atoms with van der Waals surface area (Å²) in [7, 11) is 0. The second kappa shape index (κ2) is 10.2. The fourth-order valence-electron chi connectivity index (χ4n) is 3.27. The highest BCUT2D eigenvalue weighted by molar-refractivity contribution is 6.36. The number of rotatable bonds is 9. The van der Waals surface area contributed by atoms with Crippen LogP contribution in [0.15, 0.2) is 36.8 Å². The van der Waals surface area contributed by atoms with Gasteiger partial charge in [0.2, 0.25) is 0 Å². The largest absolute Gasteiger partial charge is 0.482 e. The summed E-state index contributed by atoms with van der Waals surface area (Å²) in [5, 5.41) is 13.3. The zero-order chi connectivity index (χ0) is 23.4. The molecule has 170 valence electrons. The quantitative estimate of drug-likeness (QED) is 0.385. The summed E-state index contributed by atoms with van der Waals surface area (Å²) < 4.78 is 21.6. The van der Waals surface area contributed by atoms with Crippen molar-refractivity contribution in [3.05, 3.63) is 58.2 Å². The van der Waals surface area contributed by atoms with Crippen LogP contribution >= 0.6 is 23.2 Å². The van der Waals surface area contributed by atoms with Gasteiger partial charge in [-0.3, -0.25) is 9.48 Å². The van der Waals surface area contributed by atoms with Gasteiger partial charge in [0.05, 0.1) is 11.2 Å². The number of hydrogen-bond donors (Lipinski definition) is 2. The number of hydrogen-bond acceptors (Lipinski definition) is 5. The van der Waals surface area contributed by atoms with Crippen LogP contribution in [0.4, 0.5) is 10.2 Å². The minimum atomic E-state index is -0.812. The summed E-state index contributed by atoms with van der Waals surface area (Å²) in [6, 6.07) is 4.33. The molecule has 0 spiro atoms. The Morgan fingerprint density at radius 2 is 2.03 bits per heavy atom. The van der Waals surface area contributed by atoms with Crippen LogP contribution in [0.1, 0.15) is 38.4 Å². The molecule has 0 saturated heterocycles. The van der Waals surface area contributed by atoms with Crippen molar-refractivity contribution >= 4 is 35.0 Å². The van der Waals surface area contributed by atoms with Crippen molar-refractivity contribution in [3.8, 4) is 16.9 Å². The Kier molecular flexibility index (Phi) is 7.58.